The molecular formula is C12H17NO2S. The van der Waals surface area contributed by atoms with Crippen LogP contribution in [0.1, 0.15) is 28.4 Å². The standard InChI is InChI=1S/C12H17NO2S/c1-8-6-13(7-9(2)15-8)12(14)11-5-4-10(3)16-11/h4-5,8-9H,6-7H2,1-3H3/t8-,9-/m1/s1. The van der Waals surface area contributed by atoms with Crippen LogP contribution in [0.25, 0.3) is 0 Å². The van der Waals surface area contributed by atoms with Crippen molar-refractivity contribution in [1.29, 1.82) is 0 Å². The number of nitrogens with zero attached hydrogens (tertiary/aromatic N) is 1. The Kier molecular flexibility index (Phi) is 3.30. The van der Waals surface area contributed by atoms with Crippen molar-refractivity contribution < 1.29 is 9.53 Å². The van der Waals surface area contributed by atoms with E-state index in [4.69, 9.17) is 4.74 Å². The number of ether oxygens (including phenoxy) is 1. The molecule has 0 bridgehead atoms. The maximum atomic E-state index is 12.2. The van der Waals surface area contributed by atoms with Crippen LogP contribution >= 0.6 is 11.3 Å². The molecule has 2 atom stereocenters. The summed E-state index contributed by atoms with van der Waals surface area (Å²) in [7, 11) is 0. The third-order valence-corrected chi connectivity index (χ3v) is 3.65. The van der Waals surface area contributed by atoms with Gasteiger partial charge in [-0.25, -0.2) is 0 Å². The summed E-state index contributed by atoms with van der Waals surface area (Å²) in [5.41, 5.74) is 0. The van der Waals surface area contributed by atoms with Crippen LogP contribution in [-0.4, -0.2) is 36.1 Å². The van der Waals surface area contributed by atoms with Crippen LogP contribution in [0.5, 0.6) is 0 Å². The molecule has 4 heteroatoms. The summed E-state index contributed by atoms with van der Waals surface area (Å²) >= 11 is 1.56. The highest BCUT2D eigenvalue weighted by Gasteiger charge is 2.27. The van der Waals surface area contributed by atoms with Gasteiger partial charge >= 0.3 is 0 Å². The minimum Gasteiger partial charge on any atom is -0.372 e. The van der Waals surface area contributed by atoms with Gasteiger partial charge in [0.25, 0.3) is 5.91 Å². The lowest BCUT2D eigenvalue weighted by atomic mass is 10.2. The highest BCUT2D eigenvalue weighted by molar-refractivity contribution is 7.13. The first kappa shape index (κ1) is 11.6. The second-order valence-corrected chi connectivity index (χ2v) is 5.67. The molecule has 0 saturated carbocycles. The molecular weight excluding hydrogens is 222 g/mol. The van der Waals surface area contributed by atoms with E-state index in [0.29, 0.717) is 13.1 Å². The van der Waals surface area contributed by atoms with Gasteiger partial charge in [-0.2, -0.15) is 0 Å². The van der Waals surface area contributed by atoms with Crippen molar-refractivity contribution in [3.63, 3.8) is 0 Å². The van der Waals surface area contributed by atoms with Crippen molar-refractivity contribution in [3.8, 4) is 0 Å². The highest BCUT2D eigenvalue weighted by atomic mass is 32.1. The van der Waals surface area contributed by atoms with Crippen LogP contribution in [-0.2, 0) is 4.74 Å². The van der Waals surface area contributed by atoms with Crippen molar-refractivity contribution in [2.75, 3.05) is 13.1 Å². The van der Waals surface area contributed by atoms with Gasteiger partial charge in [0.2, 0.25) is 0 Å². The Bertz CT molecular complexity index is 378. The van der Waals surface area contributed by atoms with E-state index in [-0.39, 0.29) is 18.1 Å². The molecule has 0 N–H and O–H groups in total. The molecule has 1 saturated heterocycles. The Balaban J connectivity index is 2.09. The third kappa shape index (κ3) is 2.44. The smallest absolute Gasteiger partial charge is 0.264 e. The zero-order valence-corrected chi connectivity index (χ0v) is 10.7. The number of hydrogen-bond donors (Lipinski definition) is 0. The van der Waals surface area contributed by atoms with Gasteiger partial charge in [0.1, 0.15) is 0 Å². The summed E-state index contributed by atoms with van der Waals surface area (Å²) in [5, 5.41) is 0. The molecule has 0 radical (unpaired) electrons. The van der Waals surface area contributed by atoms with E-state index in [9.17, 15) is 4.79 Å². The van der Waals surface area contributed by atoms with E-state index in [1.807, 2.05) is 37.8 Å². The van der Waals surface area contributed by atoms with Gasteiger partial charge in [-0.3, -0.25) is 4.79 Å². The molecule has 1 fully saturated rings. The minimum atomic E-state index is 0.133. The topological polar surface area (TPSA) is 29.5 Å². The van der Waals surface area contributed by atoms with Crippen LogP contribution in [0.3, 0.4) is 0 Å². The average molecular weight is 239 g/mol. The lowest BCUT2D eigenvalue weighted by Crippen LogP contribution is -2.48. The monoisotopic (exact) mass is 239 g/mol. The predicted octanol–water partition coefficient (Wildman–Crippen LogP) is 2.31. The van der Waals surface area contributed by atoms with E-state index in [1.165, 1.54) is 4.88 Å². The van der Waals surface area contributed by atoms with E-state index >= 15 is 0 Å². The number of rotatable bonds is 1. The molecule has 1 aromatic rings. The largest absolute Gasteiger partial charge is 0.372 e. The summed E-state index contributed by atoms with van der Waals surface area (Å²) in [6.07, 6.45) is 0.266. The Morgan fingerprint density at radius 3 is 2.50 bits per heavy atom. The second kappa shape index (κ2) is 4.55. The van der Waals surface area contributed by atoms with E-state index in [1.54, 1.807) is 11.3 Å². The van der Waals surface area contributed by atoms with Crippen LogP contribution in [0.2, 0.25) is 0 Å². The fourth-order valence-corrected chi connectivity index (χ4v) is 2.88. The predicted molar refractivity (Wildman–Crippen MR) is 65.0 cm³/mol. The molecule has 16 heavy (non-hydrogen) atoms. The van der Waals surface area contributed by atoms with Crippen LogP contribution in [0.15, 0.2) is 12.1 Å². The highest BCUT2D eigenvalue weighted by Crippen LogP contribution is 2.20. The van der Waals surface area contributed by atoms with Crippen LogP contribution in [0.4, 0.5) is 0 Å². The number of carbonyl (C=O) groups is 1. The Labute approximate surface area is 100 Å². The normalized spacial score (nSPS) is 25.8. The van der Waals surface area contributed by atoms with E-state index in [2.05, 4.69) is 0 Å². The van der Waals surface area contributed by atoms with E-state index in [0.717, 1.165) is 4.88 Å². The molecule has 0 spiro atoms. The van der Waals surface area contributed by atoms with Crippen molar-refractivity contribution in [2.24, 2.45) is 0 Å². The first-order chi connectivity index (χ1) is 7.56. The van der Waals surface area contributed by atoms with Gasteiger partial charge in [-0.15, -0.1) is 11.3 Å². The second-order valence-electron chi connectivity index (χ2n) is 4.38. The van der Waals surface area contributed by atoms with Gasteiger partial charge in [-0.1, -0.05) is 0 Å². The maximum Gasteiger partial charge on any atom is 0.264 e. The minimum absolute atomic E-state index is 0.133. The Morgan fingerprint density at radius 1 is 1.38 bits per heavy atom. The van der Waals surface area contributed by atoms with Gasteiger partial charge in [-0.05, 0) is 32.9 Å². The number of hydrogen-bond acceptors (Lipinski definition) is 3. The molecule has 0 unspecified atom stereocenters. The number of aryl methyl sites for hydroxylation is 1. The molecule has 3 nitrogen and oxygen atoms in total. The molecule has 0 aliphatic carbocycles. The van der Waals surface area contributed by atoms with Crippen molar-refractivity contribution in [2.45, 2.75) is 33.0 Å². The van der Waals surface area contributed by atoms with Gasteiger partial charge in [0.15, 0.2) is 0 Å². The SMILES string of the molecule is Cc1ccc(C(=O)N2C[C@@H](C)O[C@H](C)C2)s1. The molecule has 2 heterocycles. The summed E-state index contributed by atoms with van der Waals surface area (Å²) in [6.45, 7) is 7.43. The number of carbonyl (C=O) groups excluding carboxylic acids is 1. The fraction of sp³-hybridized carbons (Fsp3) is 0.583. The van der Waals surface area contributed by atoms with Crippen LogP contribution < -0.4 is 0 Å². The van der Waals surface area contributed by atoms with Crippen LogP contribution in [0, 0.1) is 6.92 Å². The molecule has 0 aromatic carbocycles. The lowest BCUT2D eigenvalue weighted by Gasteiger charge is -2.35. The van der Waals surface area contributed by atoms with Crippen molar-refractivity contribution in [3.05, 3.63) is 21.9 Å². The number of thiophene rings is 1. The molecule has 1 amide bonds. The zero-order valence-electron chi connectivity index (χ0n) is 9.90. The van der Waals surface area contributed by atoms with Crippen molar-refractivity contribution >= 4 is 17.2 Å². The number of morpholine rings is 1. The molecule has 1 aromatic heterocycles. The Hall–Kier alpha value is -0.870. The zero-order chi connectivity index (χ0) is 11.7. The van der Waals surface area contributed by atoms with Gasteiger partial charge < -0.3 is 9.64 Å². The number of amides is 1. The molecule has 2 rings (SSSR count). The summed E-state index contributed by atoms with van der Waals surface area (Å²) < 4.78 is 5.62. The summed E-state index contributed by atoms with van der Waals surface area (Å²) in [4.78, 5) is 16.1. The van der Waals surface area contributed by atoms with Gasteiger partial charge in [0.05, 0.1) is 17.1 Å². The Morgan fingerprint density at radius 2 is 2.00 bits per heavy atom. The maximum absolute atomic E-state index is 12.2. The molecule has 1 aliphatic heterocycles. The summed E-state index contributed by atoms with van der Waals surface area (Å²) in [5.74, 6) is 0.139. The van der Waals surface area contributed by atoms with E-state index < -0.39 is 0 Å². The lowest BCUT2D eigenvalue weighted by molar-refractivity contribution is -0.0585. The first-order valence-electron chi connectivity index (χ1n) is 5.57. The first-order valence-corrected chi connectivity index (χ1v) is 6.39. The quantitative estimate of drug-likeness (QED) is 0.752. The molecule has 88 valence electrons. The van der Waals surface area contributed by atoms with Crippen molar-refractivity contribution in [1.82, 2.24) is 4.90 Å². The third-order valence-electron chi connectivity index (χ3n) is 2.66. The average Bonchev–Trinajstić information content (AvgIpc) is 2.62. The molecule has 1 aliphatic rings. The summed E-state index contributed by atoms with van der Waals surface area (Å²) in [6, 6.07) is 3.90. The van der Waals surface area contributed by atoms with Gasteiger partial charge in [0, 0.05) is 18.0 Å². The fourth-order valence-electron chi connectivity index (χ4n) is 2.05.